The smallest absolute Gasteiger partial charge is 0.407 e. The number of rotatable bonds is 3. The van der Waals surface area contributed by atoms with Crippen molar-refractivity contribution in [3.8, 4) is 0 Å². The van der Waals surface area contributed by atoms with Crippen LogP contribution in [0.4, 0.5) is 4.79 Å². The van der Waals surface area contributed by atoms with Crippen molar-refractivity contribution in [3.05, 3.63) is 12.2 Å². The van der Waals surface area contributed by atoms with E-state index in [-0.39, 0.29) is 6.10 Å². The number of allylic oxidation sites excluding steroid dienone is 1. The molecule has 0 radical (unpaired) electrons. The minimum Gasteiger partial charge on any atom is -0.442 e. The Labute approximate surface area is 65.2 Å². The summed E-state index contributed by atoms with van der Waals surface area (Å²) in [7, 11) is 1.47. The van der Waals surface area contributed by atoms with Gasteiger partial charge in [0.05, 0.1) is 0 Å². The third kappa shape index (κ3) is 5.14. The van der Waals surface area contributed by atoms with E-state index in [9.17, 15) is 9.59 Å². The highest BCUT2D eigenvalue weighted by molar-refractivity contribution is 5.67. The van der Waals surface area contributed by atoms with E-state index < -0.39 is 6.09 Å². The van der Waals surface area contributed by atoms with Gasteiger partial charge in [0.15, 0.2) is 0 Å². The third-order valence-electron chi connectivity index (χ3n) is 0.958. The molecular weight excluding hydrogens is 146 g/mol. The van der Waals surface area contributed by atoms with Crippen LogP contribution in [0.25, 0.3) is 0 Å². The first-order chi connectivity index (χ1) is 5.20. The van der Waals surface area contributed by atoms with Crippen molar-refractivity contribution in [3.63, 3.8) is 0 Å². The van der Waals surface area contributed by atoms with Crippen LogP contribution in [0, 0.1) is 0 Å². The van der Waals surface area contributed by atoms with E-state index in [1.54, 1.807) is 6.92 Å². The van der Waals surface area contributed by atoms with Gasteiger partial charge >= 0.3 is 6.09 Å². The third-order valence-corrected chi connectivity index (χ3v) is 0.958. The molecule has 0 bridgehead atoms. The van der Waals surface area contributed by atoms with Crippen molar-refractivity contribution in [2.75, 3.05) is 7.05 Å². The van der Waals surface area contributed by atoms with Gasteiger partial charge in [0, 0.05) is 7.05 Å². The van der Waals surface area contributed by atoms with E-state index in [1.807, 2.05) is 0 Å². The van der Waals surface area contributed by atoms with Crippen molar-refractivity contribution < 1.29 is 14.3 Å². The predicted octanol–water partition coefficient (Wildman–Crippen LogP) is 0.486. The largest absolute Gasteiger partial charge is 0.442 e. The lowest BCUT2D eigenvalue weighted by Gasteiger charge is -2.06. The average Bonchev–Trinajstić information content (AvgIpc) is 2.00. The van der Waals surface area contributed by atoms with Crippen LogP contribution in [0.1, 0.15) is 6.92 Å². The standard InChI is InChI=1S/C7H11NO3/c1-6(4-3-5-9)11-7(10)8-2/h3-6H,1-2H3,(H,8,10). The zero-order valence-corrected chi connectivity index (χ0v) is 6.53. The van der Waals surface area contributed by atoms with Crippen LogP contribution in [0.5, 0.6) is 0 Å². The molecule has 4 nitrogen and oxygen atoms in total. The molecule has 62 valence electrons. The highest BCUT2D eigenvalue weighted by Crippen LogP contribution is 1.91. The molecular formula is C7H11NO3. The Morgan fingerprint density at radius 3 is 2.73 bits per heavy atom. The molecule has 1 N–H and O–H groups in total. The lowest BCUT2D eigenvalue weighted by atomic mass is 10.4. The molecule has 4 heteroatoms. The SMILES string of the molecule is CNC(=O)OC(C)C=CC=O. The lowest BCUT2D eigenvalue weighted by Crippen LogP contribution is -2.23. The Balaban J connectivity index is 3.67. The summed E-state index contributed by atoms with van der Waals surface area (Å²) < 4.78 is 4.71. The zero-order chi connectivity index (χ0) is 8.69. The van der Waals surface area contributed by atoms with Crippen LogP contribution >= 0.6 is 0 Å². The summed E-state index contributed by atoms with van der Waals surface area (Å²) in [6, 6.07) is 0. The summed E-state index contributed by atoms with van der Waals surface area (Å²) in [4.78, 5) is 20.4. The van der Waals surface area contributed by atoms with Gasteiger partial charge in [0.1, 0.15) is 12.4 Å². The Hall–Kier alpha value is -1.32. The van der Waals surface area contributed by atoms with Crippen molar-refractivity contribution in [1.29, 1.82) is 0 Å². The number of hydrogen-bond acceptors (Lipinski definition) is 3. The topological polar surface area (TPSA) is 55.4 Å². The first-order valence-corrected chi connectivity index (χ1v) is 3.21. The average molecular weight is 157 g/mol. The van der Waals surface area contributed by atoms with E-state index in [0.717, 1.165) is 0 Å². The molecule has 0 aliphatic carbocycles. The molecule has 1 unspecified atom stereocenters. The normalized spacial score (nSPS) is 12.5. The fourth-order valence-corrected chi connectivity index (χ4v) is 0.469. The number of alkyl carbamates (subject to hydrolysis) is 1. The van der Waals surface area contributed by atoms with Gasteiger partial charge in [0.25, 0.3) is 0 Å². The van der Waals surface area contributed by atoms with E-state index in [4.69, 9.17) is 4.74 Å². The Kier molecular flexibility index (Phi) is 4.81. The molecule has 0 aromatic rings. The van der Waals surface area contributed by atoms with Crippen LogP contribution < -0.4 is 5.32 Å². The molecule has 0 heterocycles. The predicted molar refractivity (Wildman–Crippen MR) is 40.2 cm³/mol. The lowest BCUT2D eigenvalue weighted by molar-refractivity contribution is -0.104. The number of amides is 1. The second-order valence-electron chi connectivity index (χ2n) is 1.88. The minimum absolute atomic E-state index is 0.375. The molecule has 0 saturated carbocycles. The molecule has 0 aliphatic rings. The van der Waals surface area contributed by atoms with Gasteiger partial charge in [-0.05, 0) is 19.1 Å². The number of carbonyl (C=O) groups excluding carboxylic acids is 2. The molecule has 0 fully saturated rings. The van der Waals surface area contributed by atoms with Gasteiger partial charge in [-0.2, -0.15) is 0 Å². The van der Waals surface area contributed by atoms with Crippen LogP contribution in [0.3, 0.4) is 0 Å². The second kappa shape index (κ2) is 5.46. The van der Waals surface area contributed by atoms with Gasteiger partial charge in [-0.15, -0.1) is 0 Å². The first-order valence-electron chi connectivity index (χ1n) is 3.21. The molecule has 1 atom stereocenters. The highest BCUT2D eigenvalue weighted by Gasteiger charge is 2.01. The van der Waals surface area contributed by atoms with Crippen LogP contribution in [-0.2, 0) is 9.53 Å². The molecule has 0 rings (SSSR count). The van der Waals surface area contributed by atoms with Crippen LogP contribution in [0.15, 0.2) is 12.2 Å². The highest BCUT2D eigenvalue weighted by atomic mass is 16.6. The van der Waals surface area contributed by atoms with Gasteiger partial charge in [-0.1, -0.05) is 0 Å². The molecule has 1 amide bonds. The Morgan fingerprint density at radius 2 is 2.27 bits per heavy atom. The number of aldehydes is 1. The molecule has 0 aliphatic heterocycles. The Bertz CT molecular complexity index is 165. The summed E-state index contributed by atoms with van der Waals surface area (Å²) in [5.41, 5.74) is 0. The summed E-state index contributed by atoms with van der Waals surface area (Å²) in [6.45, 7) is 1.66. The van der Waals surface area contributed by atoms with Crippen molar-refractivity contribution >= 4 is 12.4 Å². The van der Waals surface area contributed by atoms with Crippen LogP contribution in [-0.4, -0.2) is 25.5 Å². The number of nitrogens with one attached hydrogen (secondary N) is 1. The summed E-state index contributed by atoms with van der Waals surface area (Å²) in [5.74, 6) is 0. The second-order valence-corrected chi connectivity index (χ2v) is 1.88. The molecule has 11 heavy (non-hydrogen) atoms. The van der Waals surface area contributed by atoms with E-state index in [2.05, 4.69) is 5.32 Å². The fraction of sp³-hybridized carbons (Fsp3) is 0.429. The summed E-state index contributed by atoms with van der Waals surface area (Å²) in [6.07, 6.45) is 2.52. The molecule has 0 spiro atoms. The first kappa shape index (κ1) is 9.68. The van der Waals surface area contributed by atoms with E-state index in [1.165, 1.54) is 19.2 Å². The van der Waals surface area contributed by atoms with Gasteiger partial charge in [-0.3, -0.25) is 4.79 Å². The fourth-order valence-electron chi connectivity index (χ4n) is 0.469. The molecule has 0 aromatic heterocycles. The van der Waals surface area contributed by atoms with Gasteiger partial charge in [-0.25, -0.2) is 4.79 Å². The maximum Gasteiger partial charge on any atom is 0.407 e. The quantitative estimate of drug-likeness (QED) is 0.479. The number of carbonyl (C=O) groups is 2. The van der Waals surface area contributed by atoms with Gasteiger partial charge in [0.2, 0.25) is 0 Å². The molecule has 0 aromatic carbocycles. The number of hydrogen-bond donors (Lipinski definition) is 1. The Morgan fingerprint density at radius 1 is 1.64 bits per heavy atom. The van der Waals surface area contributed by atoms with E-state index in [0.29, 0.717) is 6.29 Å². The number of ether oxygens (including phenoxy) is 1. The molecule has 0 saturated heterocycles. The monoisotopic (exact) mass is 157 g/mol. The van der Waals surface area contributed by atoms with Crippen molar-refractivity contribution in [2.45, 2.75) is 13.0 Å². The summed E-state index contributed by atoms with van der Waals surface area (Å²) in [5, 5.41) is 2.29. The van der Waals surface area contributed by atoms with E-state index >= 15 is 0 Å². The maximum atomic E-state index is 10.5. The summed E-state index contributed by atoms with van der Waals surface area (Å²) >= 11 is 0. The van der Waals surface area contributed by atoms with Crippen molar-refractivity contribution in [2.24, 2.45) is 0 Å². The minimum atomic E-state index is -0.506. The van der Waals surface area contributed by atoms with Crippen LogP contribution in [0.2, 0.25) is 0 Å². The maximum absolute atomic E-state index is 10.5. The van der Waals surface area contributed by atoms with Crippen molar-refractivity contribution in [1.82, 2.24) is 5.32 Å². The zero-order valence-electron chi connectivity index (χ0n) is 6.53. The van der Waals surface area contributed by atoms with Gasteiger partial charge < -0.3 is 10.1 Å².